The van der Waals surface area contributed by atoms with Crippen molar-refractivity contribution < 1.29 is 13.2 Å². The Morgan fingerprint density at radius 2 is 1.26 bits per heavy atom. The lowest BCUT2D eigenvalue weighted by Crippen LogP contribution is -2.12. The number of hydrogen-bond donors (Lipinski definition) is 1. The van der Waals surface area contributed by atoms with Crippen molar-refractivity contribution in [1.82, 2.24) is 0 Å². The summed E-state index contributed by atoms with van der Waals surface area (Å²) in [5, 5.41) is 0. The van der Waals surface area contributed by atoms with E-state index >= 15 is 0 Å². The van der Waals surface area contributed by atoms with Gasteiger partial charge in [-0.2, -0.15) is 10.9 Å². The third-order valence-corrected chi connectivity index (χ3v) is 10.7. The van der Waals surface area contributed by atoms with Crippen LogP contribution in [-0.2, 0) is 16.4 Å². The number of thiol groups is 1. The second kappa shape index (κ2) is 8.33. The Kier molecular flexibility index (Phi) is 5.54. The molecule has 4 aromatic rings. The van der Waals surface area contributed by atoms with Crippen LogP contribution < -0.4 is 4.74 Å². The summed E-state index contributed by atoms with van der Waals surface area (Å²) in [5.41, 5.74) is 1.12. The zero-order chi connectivity index (χ0) is 21.4. The number of ether oxygens (including phenoxy) is 1. The van der Waals surface area contributed by atoms with E-state index in [2.05, 4.69) is 59.0 Å². The molecular weight excluding hydrogens is 539 g/mol. The number of hydrogen-bond acceptors (Lipinski definition) is 3. The van der Waals surface area contributed by atoms with E-state index in [0.29, 0.717) is 16.4 Å². The number of fused-ring (bicyclic) bond motifs is 2. The average molecular weight is 558 g/mol. The van der Waals surface area contributed by atoms with Crippen LogP contribution in [0.15, 0.2) is 122 Å². The smallest absolute Gasteiger partial charge is 0.208 e. The highest BCUT2D eigenvalue weighted by Gasteiger charge is 2.34. The number of sulfone groups is 1. The van der Waals surface area contributed by atoms with E-state index < -0.39 is 20.7 Å². The Morgan fingerprint density at radius 1 is 0.710 bits per heavy atom. The van der Waals surface area contributed by atoms with E-state index in [1.807, 2.05) is 36.4 Å². The van der Waals surface area contributed by atoms with E-state index in [1.54, 1.807) is 24.3 Å². The summed E-state index contributed by atoms with van der Waals surface area (Å²) >= 11 is 2.29. The Balaban J connectivity index is 1.48. The molecule has 0 N–H and O–H groups in total. The van der Waals surface area contributed by atoms with Gasteiger partial charge in [0.1, 0.15) is 12.4 Å². The average Bonchev–Trinajstić information content (AvgIpc) is 2.80. The molecule has 5 rings (SSSR count). The largest absolute Gasteiger partial charge is 0.489 e. The molecule has 0 radical (unpaired) electrons. The van der Waals surface area contributed by atoms with Crippen molar-refractivity contribution in [2.75, 3.05) is 0 Å². The van der Waals surface area contributed by atoms with E-state index in [0.717, 1.165) is 26.0 Å². The molecule has 31 heavy (non-hydrogen) atoms. The lowest BCUT2D eigenvalue weighted by Gasteiger charge is -2.31. The molecule has 156 valence electrons. The fourth-order valence-corrected chi connectivity index (χ4v) is 9.09. The van der Waals surface area contributed by atoms with Crippen LogP contribution in [0.3, 0.4) is 0 Å². The third-order valence-electron chi connectivity index (χ3n) is 5.21. The topological polar surface area (TPSA) is 43.4 Å². The van der Waals surface area contributed by atoms with Crippen LogP contribution in [0.5, 0.6) is 5.75 Å². The lowest BCUT2D eigenvalue weighted by molar-refractivity contribution is 0.306. The monoisotopic (exact) mass is 558 g/mol. The van der Waals surface area contributed by atoms with Crippen molar-refractivity contribution >= 4 is 43.3 Å². The summed E-state index contributed by atoms with van der Waals surface area (Å²) in [5.74, 6) is 0.795. The third kappa shape index (κ3) is 3.88. The molecule has 0 aromatic heterocycles. The van der Waals surface area contributed by atoms with Crippen LogP contribution in [0.1, 0.15) is 5.56 Å². The van der Waals surface area contributed by atoms with Crippen LogP contribution in [0, 0.1) is 3.57 Å². The van der Waals surface area contributed by atoms with Gasteiger partial charge in [0.05, 0.1) is 9.79 Å². The van der Waals surface area contributed by atoms with Gasteiger partial charge in [0.2, 0.25) is 9.84 Å². The van der Waals surface area contributed by atoms with Crippen LogP contribution in [0.2, 0.25) is 0 Å². The van der Waals surface area contributed by atoms with Gasteiger partial charge in [0.25, 0.3) is 0 Å². The fourth-order valence-electron chi connectivity index (χ4n) is 3.70. The van der Waals surface area contributed by atoms with E-state index in [1.165, 1.54) is 3.57 Å². The van der Waals surface area contributed by atoms with E-state index in [4.69, 9.17) is 4.74 Å². The highest BCUT2D eigenvalue weighted by atomic mass is 127. The molecule has 0 amide bonds. The molecule has 3 nitrogen and oxygen atoms in total. The number of rotatable bonds is 4. The van der Waals surface area contributed by atoms with Crippen LogP contribution in [-0.4, -0.2) is 8.42 Å². The van der Waals surface area contributed by atoms with Gasteiger partial charge in [0.15, 0.2) is 0 Å². The van der Waals surface area contributed by atoms with Gasteiger partial charge < -0.3 is 4.74 Å². The molecule has 0 saturated heterocycles. The maximum Gasteiger partial charge on any atom is 0.208 e. The summed E-state index contributed by atoms with van der Waals surface area (Å²) in [6.07, 6.45) is 0. The van der Waals surface area contributed by atoms with Gasteiger partial charge in [-0.1, -0.05) is 36.4 Å². The quantitative estimate of drug-likeness (QED) is 0.203. The molecule has 6 heteroatoms. The maximum absolute atomic E-state index is 13.2. The van der Waals surface area contributed by atoms with Crippen molar-refractivity contribution in [2.45, 2.75) is 31.1 Å². The minimum Gasteiger partial charge on any atom is -0.489 e. The molecule has 0 bridgehead atoms. The first-order valence-electron chi connectivity index (χ1n) is 9.75. The first-order chi connectivity index (χ1) is 15.0. The Labute approximate surface area is 198 Å². The normalized spacial score (nSPS) is 15.1. The van der Waals surface area contributed by atoms with Gasteiger partial charge in [-0.25, -0.2) is 8.42 Å². The van der Waals surface area contributed by atoms with Crippen molar-refractivity contribution in [3.63, 3.8) is 0 Å². The molecule has 4 aromatic carbocycles. The molecule has 1 heterocycles. The summed E-state index contributed by atoms with van der Waals surface area (Å²) in [6.45, 7) is 0.509. The zero-order valence-electron chi connectivity index (χ0n) is 16.4. The zero-order valence-corrected chi connectivity index (χ0v) is 20.3. The lowest BCUT2D eigenvalue weighted by atomic mass is 10.2. The predicted octanol–water partition coefficient (Wildman–Crippen LogP) is 6.49. The molecule has 0 atom stereocenters. The summed E-state index contributed by atoms with van der Waals surface area (Å²) in [6, 6.07) is 31.0. The van der Waals surface area contributed by atoms with E-state index in [-0.39, 0.29) is 0 Å². The van der Waals surface area contributed by atoms with Gasteiger partial charge in [-0.15, -0.1) is 0 Å². The van der Waals surface area contributed by atoms with Gasteiger partial charge in [-0.3, -0.25) is 0 Å². The van der Waals surface area contributed by atoms with E-state index in [9.17, 15) is 8.42 Å². The summed E-state index contributed by atoms with van der Waals surface area (Å²) in [4.78, 5) is 3.69. The van der Waals surface area contributed by atoms with Crippen LogP contribution >= 0.6 is 33.5 Å². The van der Waals surface area contributed by atoms with Crippen molar-refractivity contribution in [3.8, 4) is 5.75 Å². The molecule has 0 spiro atoms. The Morgan fingerprint density at radius 3 is 1.84 bits per heavy atom. The fraction of sp³-hybridized carbons (Fsp3) is 0.0400. The Bertz CT molecular complexity index is 1290. The number of halogens is 1. The first-order valence-corrected chi connectivity index (χ1v) is 13.6. The second-order valence-electron chi connectivity index (χ2n) is 7.18. The molecule has 0 fully saturated rings. The van der Waals surface area contributed by atoms with Gasteiger partial charge >= 0.3 is 0 Å². The standard InChI is InChI=1S/C25H19IO3S2/c26-19-11-9-18(10-12-19)17-29-20-13-15-21(16-14-20)30-22-5-1-3-7-24(22)31(27,28)25-8-4-2-6-23(25)30/h1-16,30H,17H2. The molecule has 1 aliphatic rings. The highest BCUT2D eigenvalue weighted by molar-refractivity contribution is 14.1. The molecule has 0 unspecified atom stereocenters. The molecule has 1 aliphatic heterocycles. The number of benzene rings is 4. The first kappa shape index (κ1) is 20.6. The minimum atomic E-state index is -3.50. The second-order valence-corrected chi connectivity index (χ2v) is 12.5. The van der Waals surface area contributed by atoms with Crippen molar-refractivity contribution in [1.29, 1.82) is 0 Å². The molecular formula is C25H19IO3S2. The van der Waals surface area contributed by atoms with Crippen molar-refractivity contribution in [2.24, 2.45) is 0 Å². The molecule has 0 aliphatic carbocycles. The maximum atomic E-state index is 13.2. The SMILES string of the molecule is O=S1(=O)c2ccccc2[SH](c2ccc(OCc3ccc(I)cc3)cc2)c2ccccc21. The van der Waals surface area contributed by atoms with Gasteiger partial charge in [-0.05, 0) is 93.7 Å². The van der Waals surface area contributed by atoms with Gasteiger partial charge in [0, 0.05) is 13.4 Å². The highest BCUT2D eigenvalue weighted by Crippen LogP contribution is 2.59. The minimum absolute atomic E-state index is 0.416. The summed E-state index contributed by atoms with van der Waals surface area (Å²) in [7, 11) is -4.46. The molecule has 0 saturated carbocycles. The predicted molar refractivity (Wildman–Crippen MR) is 132 cm³/mol. The summed E-state index contributed by atoms with van der Waals surface area (Å²) < 4.78 is 33.5. The van der Waals surface area contributed by atoms with Crippen LogP contribution in [0.4, 0.5) is 0 Å². The Hall–Kier alpha value is -2.29. The van der Waals surface area contributed by atoms with Crippen molar-refractivity contribution in [3.05, 3.63) is 106 Å². The van der Waals surface area contributed by atoms with Crippen LogP contribution in [0.25, 0.3) is 0 Å².